The highest BCUT2D eigenvalue weighted by Crippen LogP contribution is 2.29. The van der Waals surface area contributed by atoms with Gasteiger partial charge in [-0.2, -0.15) is 5.26 Å². The first-order valence-corrected chi connectivity index (χ1v) is 6.54. The minimum Gasteiger partial charge on any atom is -0.334 e. The predicted octanol–water partition coefficient (Wildman–Crippen LogP) is 3.15. The van der Waals surface area contributed by atoms with Crippen molar-refractivity contribution in [1.29, 1.82) is 5.26 Å². The molecule has 0 saturated heterocycles. The number of nitrogens with zero attached hydrogens (tertiary/aromatic N) is 1. The molecule has 1 saturated carbocycles. The van der Waals surface area contributed by atoms with Crippen molar-refractivity contribution in [2.24, 2.45) is 0 Å². The highest BCUT2D eigenvalue weighted by atomic mass is 79.9. The van der Waals surface area contributed by atoms with Crippen molar-refractivity contribution in [3.8, 4) is 6.07 Å². The van der Waals surface area contributed by atoms with E-state index in [9.17, 15) is 14.4 Å². The Morgan fingerprint density at radius 2 is 2.11 bits per heavy atom. The van der Waals surface area contributed by atoms with Crippen LogP contribution in [0.4, 0.5) is 4.39 Å². The highest BCUT2D eigenvalue weighted by Gasteiger charge is 2.35. The number of nitrogens with one attached hydrogen (secondary N) is 1. The zero-order chi connectivity index (χ0) is 13.2. The van der Waals surface area contributed by atoms with Crippen LogP contribution in [-0.2, 0) is 0 Å². The fourth-order valence-electron chi connectivity index (χ4n) is 2.17. The molecule has 1 fully saturated rings. The van der Waals surface area contributed by atoms with E-state index in [-0.39, 0.29) is 10.4 Å². The third kappa shape index (κ3) is 2.54. The molecule has 0 unspecified atom stereocenters. The summed E-state index contributed by atoms with van der Waals surface area (Å²) < 4.78 is 13.3. The Kier molecular flexibility index (Phi) is 3.67. The van der Waals surface area contributed by atoms with Crippen molar-refractivity contribution in [3.05, 3.63) is 34.1 Å². The molecule has 1 N–H and O–H groups in total. The second kappa shape index (κ2) is 5.07. The quantitative estimate of drug-likeness (QED) is 0.912. The van der Waals surface area contributed by atoms with E-state index in [0.717, 1.165) is 12.8 Å². The zero-order valence-corrected chi connectivity index (χ0v) is 11.3. The zero-order valence-electron chi connectivity index (χ0n) is 9.67. The van der Waals surface area contributed by atoms with E-state index in [1.165, 1.54) is 18.2 Å². The normalized spacial score (nSPS) is 17.2. The van der Waals surface area contributed by atoms with Gasteiger partial charge in [0.15, 0.2) is 0 Å². The monoisotopic (exact) mass is 310 g/mol. The smallest absolute Gasteiger partial charge is 0.252 e. The molecule has 0 radical (unpaired) electrons. The van der Waals surface area contributed by atoms with Gasteiger partial charge in [0.1, 0.15) is 11.4 Å². The van der Waals surface area contributed by atoms with Crippen LogP contribution in [0, 0.1) is 17.1 Å². The van der Waals surface area contributed by atoms with Crippen molar-refractivity contribution in [2.75, 3.05) is 0 Å². The van der Waals surface area contributed by atoms with Crippen LogP contribution in [0.25, 0.3) is 0 Å². The first-order chi connectivity index (χ1) is 8.56. The summed E-state index contributed by atoms with van der Waals surface area (Å²) in [5.74, 6) is -0.749. The number of nitriles is 1. The van der Waals surface area contributed by atoms with Crippen molar-refractivity contribution in [3.63, 3.8) is 0 Å². The van der Waals surface area contributed by atoms with Crippen LogP contribution in [0.3, 0.4) is 0 Å². The number of hydrogen-bond donors (Lipinski definition) is 1. The largest absolute Gasteiger partial charge is 0.334 e. The first-order valence-electron chi connectivity index (χ1n) is 5.75. The predicted molar refractivity (Wildman–Crippen MR) is 68.4 cm³/mol. The molecular weight excluding hydrogens is 299 g/mol. The van der Waals surface area contributed by atoms with Gasteiger partial charge in [-0.15, -0.1) is 0 Å². The average molecular weight is 311 g/mol. The lowest BCUT2D eigenvalue weighted by molar-refractivity contribution is 0.0920. The molecule has 1 amide bonds. The van der Waals surface area contributed by atoms with Crippen LogP contribution < -0.4 is 5.32 Å². The van der Waals surface area contributed by atoms with E-state index in [0.29, 0.717) is 18.4 Å². The van der Waals surface area contributed by atoms with Gasteiger partial charge in [0.2, 0.25) is 0 Å². The molecule has 0 atom stereocenters. The fraction of sp³-hybridized carbons (Fsp3) is 0.385. The lowest BCUT2D eigenvalue weighted by Gasteiger charge is -2.22. The maximum Gasteiger partial charge on any atom is 0.252 e. The standard InChI is InChI=1S/C13H12BrFN2O/c14-10-7-9(3-4-11(10)15)12(18)17-13(8-16)5-1-2-6-13/h3-4,7H,1-2,5-6H2,(H,17,18). The van der Waals surface area contributed by atoms with Crippen molar-refractivity contribution in [1.82, 2.24) is 5.32 Å². The second-order valence-electron chi connectivity index (χ2n) is 4.48. The number of carbonyl (C=O) groups is 1. The molecule has 3 nitrogen and oxygen atoms in total. The molecule has 0 bridgehead atoms. The Morgan fingerprint density at radius 1 is 1.44 bits per heavy atom. The number of halogens is 2. The van der Waals surface area contributed by atoms with Gasteiger partial charge in [-0.25, -0.2) is 4.39 Å². The van der Waals surface area contributed by atoms with Crippen LogP contribution in [0.2, 0.25) is 0 Å². The number of amides is 1. The summed E-state index contributed by atoms with van der Waals surface area (Å²) in [7, 11) is 0. The Labute approximate surface area is 113 Å². The Hall–Kier alpha value is -1.41. The summed E-state index contributed by atoms with van der Waals surface area (Å²) in [5.41, 5.74) is -0.400. The molecular formula is C13H12BrFN2O. The lowest BCUT2D eigenvalue weighted by atomic mass is 9.99. The maximum absolute atomic E-state index is 13.1. The van der Waals surface area contributed by atoms with Crippen LogP contribution >= 0.6 is 15.9 Å². The van der Waals surface area contributed by atoms with E-state index in [4.69, 9.17) is 0 Å². The van der Waals surface area contributed by atoms with E-state index >= 15 is 0 Å². The Balaban J connectivity index is 2.17. The van der Waals surface area contributed by atoms with Gasteiger partial charge in [0, 0.05) is 5.56 Å². The van der Waals surface area contributed by atoms with Gasteiger partial charge in [-0.3, -0.25) is 4.79 Å². The molecule has 0 spiro atoms. The van der Waals surface area contributed by atoms with Gasteiger partial charge in [0.05, 0.1) is 10.5 Å². The van der Waals surface area contributed by atoms with Crippen molar-refractivity contribution in [2.45, 2.75) is 31.2 Å². The maximum atomic E-state index is 13.1. The van der Waals surface area contributed by atoms with Gasteiger partial charge in [-0.1, -0.05) is 0 Å². The van der Waals surface area contributed by atoms with Crippen LogP contribution in [0.5, 0.6) is 0 Å². The molecule has 0 aromatic heterocycles. The fourth-order valence-corrected chi connectivity index (χ4v) is 2.55. The number of carbonyl (C=O) groups excluding carboxylic acids is 1. The van der Waals surface area contributed by atoms with Gasteiger partial charge in [-0.05, 0) is 59.8 Å². The number of rotatable bonds is 2. The second-order valence-corrected chi connectivity index (χ2v) is 5.34. The van der Waals surface area contributed by atoms with E-state index in [1.54, 1.807) is 0 Å². The summed E-state index contributed by atoms with van der Waals surface area (Å²) in [6, 6.07) is 6.25. The van der Waals surface area contributed by atoms with E-state index < -0.39 is 11.4 Å². The summed E-state index contributed by atoms with van der Waals surface area (Å²) in [6.45, 7) is 0. The van der Waals surface area contributed by atoms with E-state index in [1.807, 2.05) is 0 Å². The SMILES string of the molecule is N#CC1(NC(=O)c2ccc(F)c(Br)c2)CCCC1. The Bertz CT molecular complexity index is 518. The molecule has 94 valence electrons. The topological polar surface area (TPSA) is 52.9 Å². The summed E-state index contributed by atoms with van der Waals surface area (Å²) in [4.78, 5) is 12.0. The molecule has 0 aliphatic heterocycles. The molecule has 1 aromatic rings. The lowest BCUT2D eigenvalue weighted by Crippen LogP contribution is -2.45. The molecule has 1 aromatic carbocycles. The molecule has 5 heteroatoms. The first kappa shape index (κ1) is 13.0. The molecule has 1 aliphatic rings. The Morgan fingerprint density at radius 3 is 2.67 bits per heavy atom. The van der Waals surface area contributed by atoms with Gasteiger partial charge >= 0.3 is 0 Å². The minimum absolute atomic E-state index is 0.243. The summed E-state index contributed by atoms with van der Waals surface area (Å²) in [6.07, 6.45) is 3.25. The average Bonchev–Trinajstić information content (AvgIpc) is 2.82. The van der Waals surface area contributed by atoms with Gasteiger partial charge in [0.25, 0.3) is 5.91 Å². The third-order valence-corrected chi connectivity index (χ3v) is 3.81. The van der Waals surface area contributed by atoms with Crippen LogP contribution in [0.15, 0.2) is 22.7 Å². The van der Waals surface area contributed by atoms with Crippen LogP contribution in [-0.4, -0.2) is 11.4 Å². The molecule has 0 heterocycles. The third-order valence-electron chi connectivity index (χ3n) is 3.21. The van der Waals surface area contributed by atoms with E-state index in [2.05, 4.69) is 27.3 Å². The highest BCUT2D eigenvalue weighted by molar-refractivity contribution is 9.10. The molecule has 18 heavy (non-hydrogen) atoms. The molecule has 1 aliphatic carbocycles. The summed E-state index contributed by atoms with van der Waals surface area (Å²) >= 11 is 3.04. The number of benzene rings is 1. The minimum atomic E-state index is -0.752. The van der Waals surface area contributed by atoms with Crippen molar-refractivity contribution >= 4 is 21.8 Å². The van der Waals surface area contributed by atoms with Crippen LogP contribution in [0.1, 0.15) is 36.0 Å². The molecule has 2 rings (SSSR count). The van der Waals surface area contributed by atoms with Gasteiger partial charge < -0.3 is 5.32 Å². The number of hydrogen-bond acceptors (Lipinski definition) is 2. The summed E-state index contributed by atoms with van der Waals surface area (Å²) in [5, 5.41) is 11.9. The van der Waals surface area contributed by atoms with Crippen molar-refractivity contribution < 1.29 is 9.18 Å².